The number of nitrogens with one attached hydrogen (secondary N) is 1. The third kappa shape index (κ3) is 3.69. The molecule has 1 unspecified atom stereocenters. The summed E-state index contributed by atoms with van der Waals surface area (Å²) in [7, 11) is -0.189. The van der Waals surface area contributed by atoms with E-state index in [4.69, 9.17) is 9.47 Å². The fraction of sp³-hybridized carbons (Fsp3) is 0.500. The van der Waals surface area contributed by atoms with E-state index in [0.717, 1.165) is 0 Å². The normalized spacial score (nSPS) is 13.6. The largest absolute Gasteiger partial charge is 0.376 e. The van der Waals surface area contributed by atoms with Gasteiger partial charge in [0.15, 0.2) is 16.1 Å². The minimum atomic E-state index is -3.26. The van der Waals surface area contributed by atoms with E-state index in [1.54, 1.807) is 24.3 Å². The van der Waals surface area contributed by atoms with E-state index in [9.17, 15) is 8.42 Å². The number of rotatable bonds is 6. The molecule has 0 saturated heterocycles. The van der Waals surface area contributed by atoms with Gasteiger partial charge in [-0.3, -0.25) is 0 Å². The predicted octanol–water partition coefficient (Wildman–Crippen LogP) is 1.51. The van der Waals surface area contributed by atoms with Crippen molar-refractivity contribution < 1.29 is 17.9 Å². The predicted molar refractivity (Wildman–Crippen MR) is 70.4 cm³/mol. The topological polar surface area (TPSA) is 64.6 Å². The fourth-order valence-corrected chi connectivity index (χ4v) is 2.58. The quantitative estimate of drug-likeness (QED) is 0.796. The molecule has 0 bridgehead atoms. The Morgan fingerprint density at radius 1 is 1.17 bits per heavy atom. The van der Waals surface area contributed by atoms with Crippen molar-refractivity contribution in [3.05, 3.63) is 24.3 Å². The van der Waals surface area contributed by atoms with Crippen LogP contribution in [-0.4, -0.2) is 41.2 Å². The highest BCUT2D eigenvalue weighted by molar-refractivity contribution is 7.90. The summed E-state index contributed by atoms with van der Waals surface area (Å²) < 4.78 is 33.5. The second kappa shape index (κ2) is 6.17. The number of hydrogen-bond donors (Lipinski definition) is 1. The Bertz CT molecular complexity index is 483. The van der Waals surface area contributed by atoms with Crippen molar-refractivity contribution in [2.45, 2.75) is 24.2 Å². The monoisotopic (exact) mass is 273 g/mol. The molecule has 1 rings (SSSR count). The van der Waals surface area contributed by atoms with Crippen LogP contribution in [0.5, 0.6) is 0 Å². The lowest BCUT2D eigenvalue weighted by atomic mass is 10.2. The lowest BCUT2D eigenvalue weighted by Crippen LogP contribution is -2.34. The number of hydrogen-bond acceptors (Lipinski definition) is 5. The molecule has 0 aromatic heterocycles. The van der Waals surface area contributed by atoms with Crippen LogP contribution < -0.4 is 5.32 Å². The van der Waals surface area contributed by atoms with Crippen LogP contribution in [0.25, 0.3) is 0 Å². The van der Waals surface area contributed by atoms with Crippen molar-refractivity contribution in [2.75, 3.05) is 25.8 Å². The molecule has 1 aromatic carbocycles. The Morgan fingerprint density at radius 2 is 1.72 bits per heavy atom. The lowest BCUT2D eigenvalue weighted by Gasteiger charge is -2.24. The standard InChI is InChI=1S/C12H19NO4S/c1-9(12(16-2)17-3)13-10-7-5-6-8-11(10)18(4,14)15/h5-9,12-13H,1-4H3. The molecule has 6 heteroatoms. The van der Waals surface area contributed by atoms with Crippen molar-refractivity contribution in [2.24, 2.45) is 0 Å². The summed E-state index contributed by atoms with van der Waals surface area (Å²) in [6, 6.07) is 6.58. The maximum Gasteiger partial charge on any atom is 0.177 e. The molecular weight excluding hydrogens is 254 g/mol. The number of methoxy groups -OCH3 is 2. The summed E-state index contributed by atoms with van der Waals surface area (Å²) in [5.74, 6) is 0. The Labute approximate surface area is 108 Å². The Balaban J connectivity index is 2.98. The van der Waals surface area contributed by atoms with Gasteiger partial charge in [0.25, 0.3) is 0 Å². The Morgan fingerprint density at radius 3 is 2.22 bits per heavy atom. The van der Waals surface area contributed by atoms with E-state index >= 15 is 0 Å². The number of ether oxygens (including phenoxy) is 2. The molecule has 0 amide bonds. The number of para-hydroxylation sites is 1. The van der Waals surface area contributed by atoms with Crippen LogP contribution in [-0.2, 0) is 19.3 Å². The molecule has 5 nitrogen and oxygen atoms in total. The van der Waals surface area contributed by atoms with Crippen molar-refractivity contribution >= 4 is 15.5 Å². The van der Waals surface area contributed by atoms with E-state index < -0.39 is 16.1 Å². The molecule has 1 N–H and O–H groups in total. The van der Waals surface area contributed by atoms with Gasteiger partial charge in [0.2, 0.25) is 0 Å². The summed E-state index contributed by atoms with van der Waals surface area (Å²) in [6.07, 6.45) is 0.736. The van der Waals surface area contributed by atoms with E-state index in [2.05, 4.69) is 5.32 Å². The lowest BCUT2D eigenvalue weighted by molar-refractivity contribution is -0.109. The van der Waals surface area contributed by atoms with Gasteiger partial charge < -0.3 is 14.8 Å². The molecule has 0 spiro atoms. The average Bonchev–Trinajstić information content (AvgIpc) is 2.30. The molecule has 1 atom stereocenters. The van der Waals surface area contributed by atoms with Crippen LogP contribution in [0.15, 0.2) is 29.2 Å². The van der Waals surface area contributed by atoms with Crippen molar-refractivity contribution in [3.63, 3.8) is 0 Å². The van der Waals surface area contributed by atoms with Gasteiger partial charge in [-0.1, -0.05) is 12.1 Å². The van der Waals surface area contributed by atoms with E-state index in [1.807, 2.05) is 6.92 Å². The molecular formula is C12H19NO4S. The first-order valence-corrected chi connectivity index (χ1v) is 7.40. The smallest absolute Gasteiger partial charge is 0.177 e. The van der Waals surface area contributed by atoms with E-state index in [-0.39, 0.29) is 10.9 Å². The molecule has 0 heterocycles. The van der Waals surface area contributed by atoms with Crippen molar-refractivity contribution in [1.29, 1.82) is 0 Å². The zero-order valence-electron chi connectivity index (χ0n) is 11.0. The molecule has 0 radical (unpaired) electrons. The first kappa shape index (κ1) is 14.9. The van der Waals surface area contributed by atoms with Crippen LogP contribution in [0.2, 0.25) is 0 Å². The second-order valence-electron chi connectivity index (χ2n) is 4.04. The molecule has 1 aromatic rings. The number of sulfone groups is 1. The molecule has 0 fully saturated rings. The summed E-state index contributed by atoms with van der Waals surface area (Å²) in [5.41, 5.74) is 0.548. The molecule has 0 aliphatic carbocycles. The summed E-state index contributed by atoms with van der Waals surface area (Å²) >= 11 is 0. The highest BCUT2D eigenvalue weighted by Gasteiger charge is 2.19. The summed E-state index contributed by atoms with van der Waals surface area (Å²) in [4.78, 5) is 0.266. The van der Waals surface area contributed by atoms with Gasteiger partial charge in [-0.05, 0) is 19.1 Å². The average molecular weight is 273 g/mol. The van der Waals surface area contributed by atoms with Crippen LogP contribution in [0.4, 0.5) is 5.69 Å². The minimum Gasteiger partial charge on any atom is -0.376 e. The van der Waals surface area contributed by atoms with Crippen molar-refractivity contribution in [1.82, 2.24) is 0 Å². The van der Waals surface area contributed by atoms with Gasteiger partial charge in [-0.15, -0.1) is 0 Å². The molecule has 0 saturated carbocycles. The maximum absolute atomic E-state index is 11.6. The SMILES string of the molecule is COC(OC)C(C)Nc1ccccc1S(C)(=O)=O. The third-order valence-corrected chi connectivity index (χ3v) is 3.70. The van der Waals surface area contributed by atoms with Crippen LogP contribution in [0, 0.1) is 0 Å². The van der Waals surface area contributed by atoms with E-state index in [1.165, 1.54) is 20.5 Å². The third-order valence-electron chi connectivity index (χ3n) is 2.54. The van der Waals surface area contributed by atoms with E-state index in [0.29, 0.717) is 5.69 Å². The zero-order valence-corrected chi connectivity index (χ0v) is 11.8. The van der Waals surface area contributed by atoms with Gasteiger partial charge in [0, 0.05) is 20.5 Å². The maximum atomic E-state index is 11.6. The zero-order chi connectivity index (χ0) is 13.8. The van der Waals surface area contributed by atoms with Crippen LogP contribution in [0.3, 0.4) is 0 Å². The van der Waals surface area contributed by atoms with Crippen molar-refractivity contribution in [3.8, 4) is 0 Å². The van der Waals surface area contributed by atoms with Crippen LogP contribution in [0.1, 0.15) is 6.92 Å². The van der Waals surface area contributed by atoms with Gasteiger partial charge >= 0.3 is 0 Å². The summed E-state index contributed by atoms with van der Waals surface area (Å²) in [5, 5.41) is 3.09. The highest BCUT2D eigenvalue weighted by atomic mass is 32.2. The Kier molecular flexibility index (Phi) is 5.13. The van der Waals surface area contributed by atoms with Gasteiger partial charge in [0.05, 0.1) is 16.6 Å². The minimum absolute atomic E-state index is 0.178. The van der Waals surface area contributed by atoms with Gasteiger partial charge in [-0.2, -0.15) is 0 Å². The second-order valence-corrected chi connectivity index (χ2v) is 6.03. The molecule has 18 heavy (non-hydrogen) atoms. The molecule has 0 aliphatic heterocycles. The first-order chi connectivity index (χ1) is 8.40. The number of anilines is 1. The molecule has 0 aliphatic rings. The molecule has 102 valence electrons. The fourth-order valence-electron chi connectivity index (χ4n) is 1.73. The van der Waals surface area contributed by atoms with Gasteiger partial charge in [0.1, 0.15) is 0 Å². The number of benzene rings is 1. The first-order valence-electron chi connectivity index (χ1n) is 5.51. The van der Waals surface area contributed by atoms with Crippen LogP contribution >= 0.6 is 0 Å². The highest BCUT2D eigenvalue weighted by Crippen LogP contribution is 2.22. The van der Waals surface area contributed by atoms with Gasteiger partial charge in [-0.25, -0.2) is 8.42 Å². The Hall–Kier alpha value is -1.11. The summed E-state index contributed by atoms with van der Waals surface area (Å²) in [6.45, 7) is 1.86.